The van der Waals surface area contributed by atoms with E-state index < -0.39 is 18.2 Å². The van der Waals surface area contributed by atoms with Crippen molar-refractivity contribution < 1.29 is 24.9 Å². The van der Waals surface area contributed by atoms with Crippen LogP contribution in [0.25, 0.3) is 0 Å². The Morgan fingerprint density at radius 2 is 2.00 bits per heavy atom. The van der Waals surface area contributed by atoms with Gasteiger partial charge in [0.05, 0.1) is 31.5 Å². The van der Waals surface area contributed by atoms with Crippen LogP contribution in [0, 0.1) is 0 Å². The minimum atomic E-state index is -1.40. The van der Waals surface area contributed by atoms with Crippen molar-refractivity contribution >= 4 is 5.97 Å². The van der Waals surface area contributed by atoms with Crippen LogP contribution in [0.3, 0.4) is 0 Å². The summed E-state index contributed by atoms with van der Waals surface area (Å²) in [6, 6.07) is 0. The molecule has 7 nitrogen and oxygen atoms in total. The van der Waals surface area contributed by atoms with Gasteiger partial charge in [0, 0.05) is 0 Å². The number of aliphatic hydroxyl groups excluding tert-OH is 2. The van der Waals surface area contributed by atoms with Gasteiger partial charge < -0.3 is 20.1 Å². The molecule has 0 radical (unpaired) electrons. The molecule has 0 amide bonds. The molecule has 3 N–H and O–H groups in total. The Morgan fingerprint density at radius 1 is 1.41 bits per heavy atom. The van der Waals surface area contributed by atoms with Crippen LogP contribution in [-0.4, -0.2) is 44.0 Å². The van der Waals surface area contributed by atoms with Gasteiger partial charge >= 0.3 is 5.97 Å². The van der Waals surface area contributed by atoms with E-state index in [-0.39, 0.29) is 24.6 Å². The number of esters is 1. The quantitative estimate of drug-likeness (QED) is 0.598. The molecule has 1 rings (SSSR count). The predicted molar refractivity (Wildman–Crippen MR) is 55.9 cm³/mol. The first-order chi connectivity index (χ1) is 8.04. The van der Waals surface area contributed by atoms with Crippen molar-refractivity contribution in [2.24, 2.45) is 0 Å². The number of ether oxygens (including phenoxy) is 1. The first-order valence-corrected chi connectivity index (χ1v) is 5.07. The zero-order valence-corrected chi connectivity index (χ0v) is 9.28. The molecule has 7 heteroatoms. The SMILES string of the molecule is CCOC(=O)CC(O)C(O)c1ncc(O)cn1. The molecular weight excluding hydrogens is 228 g/mol. The first kappa shape index (κ1) is 13.3. The van der Waals surface area contributed by atoms with Crippen LogP contribution in [0.15, 0.2) is 12.4 Å². The van der Waals surface area contributed by atoms with Gasteiger partial charge in [-0.2, -0.15) is 0 Å². The lowest BCUT2D eigenvalue weighted by Gasteiger charge is -2.15. The molecule has 17 heavy (non-hydrogen) atoms. The zero-order chi connectivity index (χ0) is 12.8. The van der Waals surface area contributed by atoms with E-state index in [0.29, 0.717) is 0 Å². The number of rotatable bonds is 5. The van der Waals surface area contributed by atoms with E-state index in [2.05, 4.69) is 14.7 Å². The van der Waals surface area contributed by atoms with Gasteiger partial charge in [-0.1, -0.05) is 0 Å². The average molecular weight is 242 g/mol. The molecule has 0 aliphatic carbocycles. The van der Waals surface area contributed by atoms with Gasteiger partial charge in [0.15, 0.2) is 11.6 Å². The first-order valence-electron chi connectivity index (χ1n) is 5.07. The summed E-state index contributed by atoms with van der Waals surface area (Å²) in [5, 5.41) is 28.1. The maximum atomic E-state index is 11.1. The van der Waals surface area contributed by atoms with E-state index in [0.717, 1.165) is 12.4 Å². The normalized spacial score (nSPS) is 14.1. The van der Waals surface area contributed by atoms with E-state index in [1.807, 2.05) is 0 Å². The van der Waals surface area contributed by atoms with Crippen molar-refractivity contribution in [1.29, 1.82) is 0 Å². The molecule has 94 valence electrons. The lowest BCUT2D eigenvalue weighted by atomic mass is 10.1. The molecule has 1 aromatic heterocycles. The molecule has 0 saturated heterocycles. The number of nitrogens with zero attached hydrogens (tertiary/aromatic N) is 2. The topological polar surface area (TPSA) is 113 Å². The molecule has 0 fully saturated rings. The van der Waals surface area contributed by atoms with Crippen molar-refractivity contribution in [2.75, 3.05) is 6.61 Å². The summed E-state index contributed by atoms with van der Waals surface area (Å²) in [6.07, 6.45) is -0.927. The summed E-state index contributed by atoms with van der Waals surface area (Å²) >= 11 is 0. The standard InChI is InChI=1S/C10H14N2O5/c1-2-17-8(15)3-7(14)9(16)10-11-4-6(13)5-12-10/h4-5,7,9,13-14,16H,2-3H2,1H3. The van der Waals surface area contributed by atoms with Crippen molar-refractivity contribution in [1.82, 2.24) is 9.97 Å². The van der Waals surface area contributed by atoms with Gasteiger partial charge in [-0.15, -0.1) is 0 Å². The second kappa shape index (κ2) is 6.12. The molecule has 0 aromatic carbocycles. The maximum absolute atomic E-state index is 11.1. The molecular formula is C10H14N2O5. The number of aromatic hydroxyl groups is 1. The van der Waals surface area contributed by atoms with E-state index in [1.54, 1.807) is 6.92 Å². The van der Waals surface area contributed by atoms with Crippen LogP contribution in [0.5, 0.6) is 5.75 Å². The Morgan fingerprint density at radius 3 is 2.53 bits per heavy atom. The highest BCUT2D eigenvalue weighted by molar-refractivity contribution is 5.70. The second-order valence-electron chi connectivity index (χ2n) is 3.32. The Labute approximate surface area is 97.7 Å². The number of hydrogen-bond donors (Lipinski definition) is 3. The second-order valence-corrected chi connectivity index (χ2v) is 3.32. The highest BCUT2D eigenvalue weighted by Crippen LogP contribution is 2.16. The fraction of sp³-hybridized carbons (Fsp3) is 0.500. The van der Waals surface area contributed by atoms with Crippen LogP contribution >= 0.6 is 0 Å². The number of hydrogen-bond acceptors (Lipinski definition) is 7. The summed E-state index contributed by atoms with van der Waals surface area (Å²) < 4.78 is 4.63. The van der Waals surface area contributed by atoms with Gasteiger partial charge in [-0.25, -0.2) is 9.97 Å². The van der Waals surface area contributed by atoms with Gasteiger partial charge in [0.2, 0.25) is 0 Å². The van der Waals surface area contributed by atoms with Crippen LogP contribution in [-0.2, 0) is 9.53 Å². The van der Waals surface area contributed by atoms with Crippen LogP contribution in [0.4, 0.5) is 0 Å². The zero-order valence-electron chi connectivity index (χ0n) is 9.28. The third kappa shape index (κ3) is 3.97. The Bertz CT molecular complexity index is 367. The maximum Gasteiger partial charge on any atom is 0.308 e. The predicted octanol–water partition coefficient (Wildman–Crippen LogP) is -0.470. The minimum absolute atomic E-state index is 0.0698. The molecule has 0 aliphatic rings. The molecule has 0 bridgehead atoms. The van der Waals surface area contributed by atoms with Crippen LogP contribution in [0.2, 0.25) is 0 Å². The van der Waals surface area contributed by atoms with Gasteiger partial charge in [-0.3, -0.25) is 4.79 Å². The van der Waals surface area contributed by atoms with E-state index in [1.165, 1.54) is 0 Å². The van der Waals surface area contributed by atoms with Crippen molar-refractivity contribution in [3.63, 3.8) is 0 Å². The fourth-order valence-corrected chi connectivity index (χ4v) is 1.16. The summed E-state index contributed by atoms with van der Waals surface area (Å²) in [5.74, 6) is -0.835. The molecule has 2 atom stereocenters. The van der Waals surface area contributed by atoms with Crippen molar-refractivity contribution in [3.8, 4) is 5.75 Å². The monoisotopic (exact) mass is 242 g/mol. The molecule has 0 aliphatic heterocycles. The third-order valence-electron chi connectivity index (χ3n) is 1.97. The van der Waals surface area contributed by atoms with E-state index in [9.17, 15) is 15.0 Å². The number of carbonyl (C=O) groups excluding carboxylic acids is 1. The summed E-state index contributed by atoms with van der Waals surface area (Å²) in [7, 11) is 0. The largest absolute Gasteiger partial charge is 0.505 e. The Balaban J connectivity index is 2.60. The summed E-state index contributed by atoms with van der Waals surface area (Å²) in [6.45, 7) is 1.85. The van der Waals surface area contributed by atoms with Gasteiger partial charge in [-0.05, 0) is 6.92 Å². The summed E-state index contributed by atoms with van der Waals surface area (Å²) in [4.78, 5) is 18.3. The molecule has 2 unspecified atom stereocenters. The van der Waals surface area contributed by atoms with Gasteiger partial charge in [0.25, 0.3) is 0 Å². The van der Waals surface area contributed by atoms with Crippen molar-refractivity contribution in [3.05, 3.63) is 18.2 Å². The average Bonchev–Trinajstić information content (AvgIpc) is 2.29. The summed E-state index contributed by atoms with van der Waals surface area (Å²) in [5.41, 5.74) is 0. The smallest absolute Gasteiger partial charge is 0.308 e. The van der Waals surface area contributed by atoms with Crippen molar-refractivity contribution in [2.45, 2.75) is 25.6 Å². The lowest BCUT2D eigenvalue weighted by molar-refractivity contribution is -0.147. The number of carbonyl (C=O) groups is 1. The van der Waals surface area contributed by atoms with E-state index in [4.69, 9.17) is 5.11 Å². The highest BCUT2D eigenvalue weighted by atomic mass is 16.5. The highest BCUT2D eigenvalue weighted by Gasteiger charge is 2.24. The third-order valence-corrected chi connectivity index (χ3v) is 1.97. The number of aliphatic hydroxyl groups is 2. The number of aromatic nitrogens is 2. The fourth-order valence-electron chi connectivity index (χ4n) is 1.16. The van der Waals surface area contributed by atoms with Crippen LogP contribution < -0.4 is 0 Å². The van der Waals surface area contributed by atoms with Crippen LogP contribution in [0.1, 0.15) is 25.3 Å². The van der Waals surface area contributed by atoms with E-state index >= 15 is 0 Å². The molecule has 0 saturated carbocycles. The molecule has 1 aromatic rings. The Hall–Kier alpha value is -1.73. The minimum Gasteiger partial charge on any atom is -0.505 e. The van der Waals surface area contributed by atoms with Gasteiger partial charge in [0.1, 0.15) is 6.10 Å². The lowest BCUT2D eigenvalue weighted by Crippen LogP contribution is -2.24. The Kier molecular flexibility index (Phi) is 4.80. The molecule has 0 spiro atoms. The molecule has 1 heterocycles.